The van der Waals surface area contributed by atoms with Crippen LogP contribution in [-0.4, -0.2) is 11.4 Å². The van der Waals surface area contributed by atoms with Gasteiger partial charge in [-0.1, -0.05) is 23.9 Å². The van der Waals surface area contributed by atoms with E-state index in [9.17, 15) is 0 Å². The van der Waals surface area contributed by atoms with Gasteiger partial charge < -0.3 is 0 Å². The minimum absolute atomic E-state index is 0.908. The summed E-state index contributed by atoms with van der Waals surface area (Å²) in [6.45, 7) is 26.3. The van der Waals surface area contributed by atoms with Crippen molar-refractivity contribution >= 4 is 34.6 Å². The molecule has 0 unspecified atom stereocenters. The Bertz CT molecular complexity index is 1140. The summed E-state index contributed by atoms with van der Waals surface area (Å²) in [6.07, 6.45) is 5.48. The van der Waals surface area contributed by atoms with Gasteiger partial charge in [0.25, 0.3) is 0 Å². The molecule has 3 heteroatoms. The number of rotatable bonds is 4. The lowest BCUT2D eigenvalue weighted by Crippen LogP contribution is -2.04. The van der Waals surface area contributed by atoms with Gasteiger partial charge in [0, 0.05) is 9.81 Å². The summed E-state index contributed by atoms with van der Waals surface area (Å²) in [5.74, 6) is 0. The molecule has 1 heterocycles. The zero-order chi connectivity index (χ0) is 25.5. The summed E-state index contributed by atoms with van der Waals surface area (Å²) in [5.41, 5.74) is 17.7. The fourth-order valence-electron chi connectivity index (χ4n) is 4.66. The molecule has 0 fully saturated rings. The van der Waals surface area contributed by atoms with E-state index in [1.807, 2.05) is 0 Å². The Balaban J connectivity index is 1.94. The van der Waals surface area contributed by atoms with E-state index in [0.29, 0.717) is 0 Å². The molecule has 180 valence electrons. The van der Waals surface area contributed by atoms with Crippen molar-refractivity contribution in [2.24, 2.45) is 9.98 Å². The highest BCUT2D eigenvalue weighted by Gasteiger charge is 2.17. The maximum absolute atomic E-state index is 5.14. The normalized spacial score (nSPS) is 14.9. The molecule has 2 aromatic rings. The van der Waals surface area contributed by atoms with Crippen molar-refractivity contribution in [3.05, 3.63) is 77.6 Å². The van der Waals surface area contributed by atoms with Crippen molar-refractivity contribution in [3.8, 4) is 0 Å². The largest absolute Gasteiger partial charge is 0.252 e. The number of nitrogens with zero attached hydrogens (tertiary/aromatic N) is 2. The van der Waals surface area contributed by atoms with Crippen LogP contribution in [0.5, 0.6) is 0 Å². The molecule has 1 aliphatic heterocycles. The molecule has 0 aromatic heterocycles. The van der Waals surface area contributed by atoms with Crippen molar-refractivity contribution in [3.63, 3.8) is 0 Å². The smallest absolute Gasteiger partial charge is 0.0697 e. The Morgan fingerprint density at radius 3 is 1.06 bits per heavy atom. The highest BCUT2D eigenvalue weighted by atomic mass is 32.2. The van der Waals surface area contributed by atoms with Crippen LogP contribution in [0.15, 0.2) is 31.9 Å². The second-order valence-corrected chi connectivity index (χ2v) is 10.9. The molecule has 0 radical (unpaired) electrons. The summed E-state index contributed by atoms with van der Waals surface area (Å²) in [6, 6.07) is 0. The topological polar surface area (TPSA) is 24.7 Å². The second kappa shape index (κ2) is 10.1. The highest BCUT2D eigenvalue weighted by Crippen LogP contribution is 2.38. The van der Waals surface area contributed by atoms with E-state index in [4.69, 9.17) is 9.98 Å². The minimum Gasteiger partial charge on any atom is -0.252 e. The lowest BCUT2D eigenvalue weighted by atomic mass is 9.93. The van der Waals surface area contributed by atoms with Gasteiger partial charge in [-0.25, -0.2) is 0 Å². The van der Waals surface area contributed by atoms with Crippen molar-refractivity contribution in [1.29, 1.82) is 0 Å². The number of hydrogen-bond donors (Lipinski definition) is 0. The van der Waals surface area contributed by atoms with Gasteiger partial charge in [-0.05, 0) is 145 Å². The fourth-order valence-corrected chi connectivity index (χ4v) is 5.64. The van der Waals surface area contributed by atoms with Gasteiger partial charge in [0.05, 0.1) is 22.8 Å². The van der Waals surface area contributed by atoms with Gasteiger partial charge in [0.2, 0.25) is 0 Å². The lowest BCUT2D eigenvalue weighted by Gasteiger charge is -2.19. The minimum atomic E-state index is 0.908. The maximum Gasteiger partial charge on any atom is 0.0697 e. The molecule has 34 heavy (non-hydrogen) atoms. The van der Waals surface area contributed by atoms with Crippen LogP contribution >= 0.6 is 11.8 Å². The first-order valence-corrected chi connectivity index (χ1v) is 13.0. The predicted octanol–water partition coefficient (Wildman–Crippen LogP) is 9.56. The van der Waals surface area contributed by atoms with Crippen LogP contribution in [0.25, 0.3) is 0 Å². The Labute approximate surface area is 211 Å². The van der Waals surface area contributed by atoms with E-state index >= 15 is 0 Å². The van der Waals surface area contributed by atoms with Crippen LogP contribution in [0.4, 0.5) is 11.4 Å². The lowest BCUT2D eigenvalue weighted by molar-refractivity contribution is 1.16. The molecule has 0 N–H and O–H groups in total. The third-order valence-electron chi connectivity index (χ3n) is 8.02. The summed E-state index contributed by atoms with van der Waals surface area (Å²) < 4.78 is 0. The first-order valence-electron chi connectivity index (χ1n) is 12.2. The molecule has 0 aliphatic carbocycles. The van der Waals surface area contributed by atoms with Crippen molar-refractivity contribution in [2.75, 3.05) is 0 Å². The van der Waals surface area contributed by atoms with Gasteiger partial charge in [-0.15, -0.1) is 0 Å². The Morgan fingerprint density at radius 1 is 0.500 bits per heavy atom. The summed E-state index contributed by atoms with van der Waals surface area (Å²) in [7, 11) is 0. The number of benzene rings is 2. The monoisotopic (exact) mass is 472 g/mol. The van der Waals surface area contributed by atoms with Crippen LogP contribution in [0.3, 0.4) is 0 Å². The van der Waals surface area contributed by atoms with Gasteiger partial charge in [-0.2, -0.15) is 0 Å². The zero-order valence-corrected chi connectivity index (χ0v) is 24.0. The van der Waals surface area contributed by atoms with Gasteiger partial charge in [0.15, 0.2) is 0 Å². The first-order chi connectivity index (χ1) is 15.9. The number of aliphatic imine (C=N–C) groups is 2. The molecule has 2 nitrogen and oxygen atoms in total. The standard InChI is InChI=1S/C31H40N2S/c1-16-18(3)22(7)30(23(8)19(16)4)32-26(11)28-14-13-15-29(34-28)27(12)33-31-24(9)20(5)17(2)21(6)25(31)10/h14-15H,13H2,1-12H3. The zero-order valence-electron chi connectivity index (χ0n) is 23.2. The molecule has 0 atom stereocenters. The van der Waals surface area contributed by atoms with E-state index in [0.717, 1.165) is 29.2 Å². The van der Waals surface area contributed by atoms with E-state index in [1.54, 1.807) is 11.8 Å². The molecule has 0 spiro atoms. The van der Waals surface area contributed by atoms with Crippen LogP contribution in [0.2, 0.25) is 0 Å². The summed E-state index contributed by atoms with van der Waals surface area (Å²) in [5, 5.41) is 0. The molecule has 0 amide bonds. The van der Waals surface area contributed by atoms with Crippen molar-refractivity contribution < 1.29 is 0 Å². The third kappa shape index (κ3) is 4.73. The molecule has 3 rings (SSSR count). The van der Waals surface area contributed by atoms with E-state index < -0.39 is 0 Å². The summed E-state index contributed by atoms with van der Waals surface area (Å²) >= 11 is 1.79. The van der Waals surface area contributed by atoms with Gasteiger partial charge in [0.1, 0.15) is 0 Å². The van der Waals surface area contributed by atoms with Crippen LogP contribution in [-0.2, 0) is 0 Å². The van der Waals surface area contributed by atoms with Crippen LogP contribution in [0, 0.1) is 69.2 Å². The molecular weight excluding hydrogens is 432 g/mol. The Hall–Kier alpha value is -2.39. The Kier molecular flexibility index (Phi) is 7.77. The molecule has 0 saturated carbocycles. The fraction of sp³-hybridized carbons (Fsp3) is 0.419. The van der Waals surface area contributed by atoms with Crippen LogP contribution < -0.4 is 0 Å². The second-order valence-electron chi connectivity index (χ2n) is 9.82. The number of hydrogen-bond acceptors (Lipinski definition) is 3. The summed E-state index contributed by atoms with van der Waals surface area (Å²) in [4.78, 5) is 12.7. The Morgan fingerprint density at radius 2 is 0.765 bits per heavy atom. The van der Waals surface area contributed by atoms with E-state index in [1.165, 1.54) is 65.4 Å². The SMILES string of the molecule is CC(=Nc1c(C)c(C)c(C)c(C)c1C)C1=CCC=C(C(C)=Nc2c(C)c(C)c(C)c(C)c2C)S1. The quantitative estimate of drug-likeness (QED) is 0.406. The highest BCUT2D eigenvalue weighted by molar-refractivity contribution is 8.08. The van der Waals surface area contributed by atoms with Gasteiger partial charge >= 0.3 is 0 Å². The van der Waals surface area contributed by atoms with Gasteiger partial charge in [-0.3, -0.25) is 9.98 Å². The average molecular weight is 473 g/mol. The van der Waals surface area contributed by atoms with Crippen LogP contribution in [0.1, 0.15) is 75.9 Å². The molecule has 1 aliphatic rings. The van der Waals surface area contributed by atoms with E-state index in [-0.39, 0.29) is 0 Å². The predicted molar refractivity (Wildman–Crippen MR) is 154 cm³/mol. The van der Waals surface area contributed by atoms with Crippen molar-refractivity contribution in [2.45, 2.75) is 89.5 Å². The average Bonchev–Trinajstić information content (AvgIpc) is 2.84. The maximum atomic E-state index is 5.14. The molecule has 0 saturated heterocycles. The number of thioether (sulfide) groups is 1. The molecule has 2 aromatic carbocycles. The molecular formula is C31H40N2S. The first kappa shape index (κ1) is 26.2. The van der Waals surface area contributed by atoms with Crippen molar-refractivity contribution in [1.82, 2.24) is 0 Å². The number of allylic oxidation sites excluding steroid dienone is 4. The van der Waals surface area contributed by atoms with E-state index in [2.05, 4.69) is 95.2 Å². The molecule has 0 bridgehead atoms. The third-order valence-corrected chi connectivity index (χ3v) is 9.38.